The Hall–Kier alpha value is -2.42. The van der Waals surface area contributed by atoms with Crippen molar-refractivity contribution in [1.29, 1.82) is 0 Å². The summed E-state index contributed by atoms with van der Waals surface area (Å²) >= 11 is 1.34. The van der Waals surface area contributed by atoms with Crippen LogP contribution in [0.4, 0.5) is 13.2 Å². The van der Waals surface area contributed by atoms with E-state index in [-0.39, 0.29) is 29.1 Å². The van der Waals surface area contributed by atoms with Crippen LogP contribution in [0, 0.1) is 5.92 Å². The van der Waals surface area contributed by atoms with Crippen molar-refractivity contribution in [3.8, 4) is 10.6 Å². The molecular formula is C20H21F3N4OS. The van der Waals surface area contributed by atoms with Crippen molar-refractivity contribution in [1.82, 2.24) is 19.5 Å². The Balaban J connectivity index is 1.74. The first-order valence-corrected chi connectivity index (χ1v) is 10.4. The van der Waals surface area contributed by atoms with Crippen molar-refractivity contribution in [2.45, 2.75) is 38.8 Å². The zero-order chi connectivity index (χ0) is 20.8. The fraction of sp³-hybridized carbons (Fsp3) is 0.450. The molecule has 5 nitrogen and oxygen atoms in total. The third-order valence-corrected chi connectivity index (χ3v) is 6.05. The fourth-order valence-corrected chi connectivity index (χ4v) is 4.41. The van der Waals surface area contributed by atoms with E-state index in [0.29, 0.717) is 23.7 Å². The van der Waals surface area contributed by atoms with E-state index in [9.17, 15) is 18.0 Å². The summed E-state index contributed by atoms with van der Waals surface area (Å²) in [6.07, 6.45) is -2.97. The van der Waals surface area contributed by atoms with Crippen molar-refractivity contribution in [2.24, 2.45) is 5.92 Å². The Bertz CT molecular complexity index is 1030. The molecule has 0 aromatic carbocycles. The molecule has 4 heterocycles. The standard InChI is InChI=1S/C20H21F3N4OS/c1-12(2)19(28)26-7-3-5-13(11-26)14-10-18-24-15(16-6-4-8-29-16)9-17(20(21,22)23)27(18)25-14/h4,6,8-10,12-13H,3,5,7,11H2,1-2H3/t13-/m0/s1. The number of amides is 1. The molecule has 1 aliphatic rings. The van der Waals surface area contributed by atoms with Crippen LogP contribution in [0.15, 0.2) is 29.6 Å². The highest BCUT2D eigenvalue weighted by Gasteiger charge is 2.36. The molecule has 1 amide bonds. The van der Waals surface area contributed by atoms with Crippen LogP contribution in [0.25, 0.3) is 16.2 Å². The minimum Gasteiger partial charge on any atom is -0.342 e. The van der Waals surface area contributed by atoms with Crippen LogP contribution in [0.5, 0.6) is 0 Å². The topological polar surface area (TPSA) is 50.5 Å². The van der Waals surface area contributed by atoms with Crippen molar-refractivity contribution in [3.05, 3.63) is 41.0 Å². The lowest BCUT2D eigenvalue weighted by molar-refractivity contribution is -0.142. The number of aromatic nitrogens is 3. The molecule has 154 valence electrons. The molecule has 1 fully saturated rings. The van der Waals surface area contributed by atoms with Gasteiger partial charge in [0, 0.05) is 31.0 Å². The van der Waals surface area contributed by atoms with Gasteiger partial charge in [-0.25, -0.2) is 9.50 Å². The van der Waals surface area contributed by atoms with Gasteiger partial charge in [0.15, 0.2) is 11.3 Å². The Morgan fingerprint density at radius 3 is 2.76 bits per heavy atom. The Morgan fingerprint density at radius 2 is 2.10 bits per heavy atom. The number of alkyl halides is 3. The highest BCUT2D eigenvalue weighted by Crippen LogP contribution is 2.35. The minimum absolute atomic E-state index is 0.0625. The number of likely N-dealkylation sites (tertiary alicyclic amines) is 1. The molecule has 1 saturated heterocycles. The molecule has 0 bridgehead atoms. The monoisotopic (exact) mass is 422 g/mol. The molecule has 1 aliphatic heterocycles. The molecule has 0 unspecified atom stereocenters. The highest BCUT2D eigenvalue weighted by atomic mass is 32.1. The van der Waals surface area contributed by atoms with E-state index in [1.54, 1.807) is 28.5 Å². The van der Waals surface area contributed by atoms with Gasteiger partial charge in [-0.1, -0.05) is 19.9 Å². The number of nitrogens with zero attached hydrogens (tertiary/aromatic N) is 4. The lowest BCUT2D eigenvalue weighted by atomic mass is 9.94. The molecule has 0 spiro atoms. The summed E-state index contributed by atoms with van der Waals surface area (Å²) in [6.45, 7) is 4.85. The molecule has 9 heteroatoms. The van der Waals surface area contributed by atoms with Gasteiger partial charge in [-0.15, -0.1) is 11.3 Å². The van der Waals surface area contributed by atoms with Crippen LogP contribution >= 0.6 is 11.3 Å². The van der Waals surface area contributed by atoms with E-state index in [2.05, 4.69) is 10.1 Å². The molecule has 0 radical (unpaired) electrons. The van der Waals surface area contributed by atoms with Crippen molar-refractivity contribution >= 4 is 22.9 Å². The zero-order valence-corrected chi connectivity index (χ0v) is 16.9. The molecule has 4 rings (SSSR count). The highest BCUT2D eigenvalue weighted by molar-refractivity contribution is 7.13. The van der Waals surface area contributed by atoms with Gasteiger partial charge in [-0.3, -0.25) is 4.79 Å². The molecule has 1 atom stereocenters. The first-order valence-electron chi connectivity index (χ1n) is 9.54. The number of carbonyl (C=O) groups is 1. The lowest BCUT2D eigenvalue weighted by Crippen LogP contribution is -2.41. The number of hydrogen-bond acceptors (Lipinski definition) is 4. The normalized spacial score (nSPS) is 18.0. The number of halogens is 3. The zero-order valence-electron chi connectivity index (χ0n) is 16.1. The van der Waals surface area contributed by atoms with Gasteiger partial charge in [0.1, 0.15) is 0 Å². The SMILES string of the molecule is CC(C)C(=O)N1CCC[C@H](c2cc3nc(-c4cccs4)cc(C(F)(F)F)n3n2)C1. The number of hydrogen-bond donors (Lipinski definition) is 0. The number of thiophene rings is 1. The van der Waals surface area contributed by atoms with Crippen LogP contribution in [0.2, 0.25) is 0 Å². The fourth-order valence-electron chi connectivity index (χ4n) is 3.73. The second-order valence-corrected chi connectivity index (χ2v) is 8.57. The summed E-state index contributed by atoms with van der Waals surface area (Å²) in [5, 5.41) is 6.07. The number of rotatable bonds is 3. The van der Waals surface area contributed by atoms with E-state index >= 15 is 0 Å². The van der Waals surface area contributed by atoms with E-state index in [1.807, 2.05) is 13.8 Å². The average molecular weight is 422 g/mol. The van der Waals surface area contributed by atoms with E-state index in [4.69, 9.17) is 0 Å². The van der Waals surface area contributed by atoms with Gasteiger partial charge in [0.2, 0.25) is 5.91 Å². The summed E-state index contributed by atoms with van der Waals surface area (Å²) < 4.78 is 42.0. The molecule has 0 saturated carbocycles. The third kappa shape index (κ3) is 3.88. The summed E-state index contributed by atoms with van der Waals surface area (Å²) in [7, 11) is 0. The van der Waals surface area contributed by atoms with Gasteiger partial charge >= 0.3 is 6.18 Å². The van der Waals surface area contributed by atoms with Crippen molar-refractivity contribution < 1.29 is 18.0 Å². The minimum atomic E-state index is -4.55. The first kappa shape index (κ1) is 19.9. The van der Waals surface area contributed by atoms with Gasteiger partial charge in [-0.2, -0.15) is 18.3 Å². The second kappa shape index (κ2) is 7.44. The second-order valence-electron chi connectivity index (χ2n) is 7.62. The maximum atomic E-state index is 13.7. The van der Waals surface area contributed by atoms with Crippen LogP contribution in [-0.4, -0.2) is 38.5 Å². The predicted octanol–water partition coefficient (Wildman–Crippen LogP) is 4.84. The largest absolute Gasteiger partial charge is 0.433 e. The van der Waals surface area contributed by atoms with Crippen molar-refractivity contribution in [2.75, 3.05) is 13.1 Å². The lowest BCUT2D eigenvalue weighted by Gasteiger charge is -2.33. The summed E-state index contributed by atoms with van der Waals surface area (Å²) in [6, 6.07) is 6.20. The van der Waals surface area contributed by atoms with Crippen LogP contribution in [0.3, 0.4) is 0 Å². The number of carbonyl (C=O) groups excluding carboxylic acids is 1. The molecular weight excluding hydrogens is 401 g/mol. The van der Waals surface area contributed by atoms with Gasteiger partial charge in [0.25, 0.3) is 0 Å². The third-order valence-electron chi connectivity index (χ3n) is 5.16. The maximum Gasteiger partial charge on any atom is 0.433 e. The molecule has 3 aromatic heterocycles. The van der Waals surface area contributed by atoms with E-state index < -0.39 is 11.9 Å². The van der Waals surface area contributed by atoms with Crippen molar-refractivity contribution in [3.63, 3.8) is 0 Å². The van der Waals surface area contributed by atoms with Gasteiger partial charge in [-0.05, 0) is 30.4 Å². The number of piperidine rings is 1. The van der Waals surface area contributed by atoms with Crippen LogP contribution in [0.1, 0.15) is 44.0 Å². The Kier molecular flexibility index (Phi) is 5.10. The Labute approximate surface area is 170 Å². The average Bonchev–Trinajstić information content (AvgIpc) is 3.35. The molecule has 0 N–H and O–H groups in total. The predicted molar refractivity (Wildman–Crippen MR) is 105 cm³/mol. The van der Waals surface area contributed by atoms with Gasteiger partial charge < -0.3 is 4.90 Å². The van der Waals surface area contributed by atoms with E-state index in [0.717, 1.165) is 23.4 Å². The van der Waals surface area contributed by atoms with Crippen LogP contribution in [-0.2, 0) is 11.0 Å². The summed E-state index contributed by atoms with van der Waals surface area (Å²) in [5.74, 6) is -0.145. The summed E-state index contributed by atoms with van der Waals surface area (Å²) in [4.78, 5) is 19.2. The Morgan fingerprint density at radius 1 is 1.31 bits per heavy atom. The molecule has 29 heavy (non-hydrogen) atoms. The smallest absolute Gasteiger partial charge is 0.342 e. The molecule has 3 aromatic rings. The van der Waals surface area contributed by atoms with E-state index in [1.165, 1.54) is 11.3 Å². The first-order chi connectivity index (χ1) is 13.7. The van der Waals surface area contributed by atoms with Gasteiger partial charge in [0.05, 0.1) is 16.3 Å². The van der Waals surface area contributed by atoms with Crippen LogP contribution < -0.4 is 0 Å². The number of fused-ring (bicyclic) bond motifs is 1. The quantitative estimate of drug-likeness (QED) is 0.607. The molecule has 0 aliphatic carbocycles. The maximum absolute atomic E-state index is 13.7. The summed E-state index contributed by atoms with van der Waals surface area (Å²) in [5.41, 5.74) is 0.160.